The van der Waals surface area contributed by atoms with Gasteiger partial charge in [-0.25, -0.2) is 4.68 Å². The van der Waals surface area contributed by atoms with Crippen LogP contribution in [0.15, 0.2) is 18.5 Å². The second-order valence-electron chi connectivity index (χ2n) is 3.54. The number of hydrogen-bond donors (Lipinski definition) is 3. The highest BCUT2D eigenvalue weighted by atomic mass is 16.1. The molecule has 8 heteroatoms. The summed E-state index contributed by atoms with van der Waals surface area (Å²) in [6.45, 7) is 2.65. The van der Waals surface area contributed by atoms with Crippen molar-refractivity contribution in [3.05, 3.63) is 24.0 Å². The van der Waals surface area contributed by atoms with E-state index in [2.05, 4.69) is 20.4 Å². The predicted molar refractivity (Wildman–Crippen MR) is 66.2 cm³/mol. The number of nitrogen functional groups attached to an aromatic ring is 1. The van der Waals surface area contributed by atoms with Crippen LogP contribution in [0.1, 0.15) is 17.3 Å². The van der Waals surface area contributed by atoms with E-state index in [9.17, 15) is 4.79 Å². The van der Waals surface area contributed by atoms with Crippen molar-refractivity contribution in [1.29, 1.82) is 0 Å². The number of nitrogens with two attached hydrogens (primary N) is 2. The van der Waals surface area contributed by atoms with Gasteiger partial charge >= 0.3 is 0 Å². The molecule has 0 aliphatic rings. The summed E-state index contributed by atoms with van der Waals surface area (Å²) in [4.78, 5) is 19.0. The molecule has 0 fully saturated rings. The Hall–Kier alpha value is -2.64. The Balaban J connectivity index is 2.39. The van der Waals surface area contributed by atoms with E-state index in [4.69, 9.17) is 11.5 Å². The molecule has 94 valence electrons. The third-order valence-electron chi connectivity index (χ3n) is 2.19. The predicted octanol–water partition coefficient (Wildman–Crippen LogP) is -0.225. The van der Waals surface area contributed by atoms with E-state index < -0.39 is 5.91 Å². The van der Waals surface area contributed by atoms with Gasteiger partial charge in [-0.05, 0) is 6.92 Å². The molecule has 0 saturated heterocycles. The molecule has 2 heterocycles. The number of amides is 1. The molecule has 0 aliphatic carbocycles. The number of hydrogen-bond acceptors (Lipinski definition) is 6. The minimum atomic E-state index is -0.546. The highest BCUT2D eigenvalue weighted by Gasteiger charge is 2.08. The summed E-state index contributed by atoms with van der Waals surface area (Å²) < 4.78 is 1.42. The molecule has 0 bridgehead atoms. The van der Waals surface area contributed by atoms with Gasteiger partial charge in [0.15, 0.2) is 5.82 Å². The second-order valence-corrected chi connectivity index (χ2v) is 3.54. The molecule has 5 N–H and O–H groups in total. The molecule has 2 rings (SSSR count). The molecule has 0 spiro atoms. The van der Waals surface area contributed by atoms with Crippen LogP contribution in [0.3, 0.4) is 0 Å². The number of anilines is 2. The van der Waals surface area contributed by atoms with Crippen LogP contribution in [0.25, 0.3) is 5.82 Å². The SMILES string of the molecule is CCNc1cc(-n2cc(C(N)=O)cn2)nc(N)n1. The average Bonchev–Trinajstić information content (AvgIpc) is 2.78. The van der Waals surface area contributed by atoms with Crippen LogP contribution >= 0.6 is 0 Å². The quantitative estimate of drug-likeness (QED) is 0.685. The Labute approximate surface area is 103 Å². The topological polar surface area (TPSA) is 125 Å². The zero-order valence-electron chi connectivity index (χ0n) is 9.79. The fourth-order valence-electron chi connectivity index (χ4n) is 1.42. The largest absolute Gasteiger partial charge is 0.370 e. The maximum absolute atomic E-state index is 11.0. The number of primary amides is 1. The molecule has 18 heavy (non-hydrogen) atoms. The average molecular weight is 247 g/mol. The van der Waals surface area contributed by atoms with Crippen molar-refractivity contribution >= 4 is 17.7 Å². The second kappa shape index (κ2) is 4.70. The fourth-order valence-corrected chi connectivity index (χ4v) is 1.42. The number of carbonyl (C=O) groups excluding carboxylic acids is 1. The lowest BCUT2D eigenvalue weighted by Crippen LogP contribution is -2.10. The minimum Gasteiger partial charge on any atom is -0.370 e. The van der Waals surface area contributed by atoms with Crippen LogP contribution in [0.4, 0.5) is 11.8 Å². The zero-order chi connectivity index (χ0) is 13.1. The maximum atomic E-state index is 11.0. The first kappa shape index (κ1) is 11.8. The van der Waals surface area contributed by atoms with E-state index in [1.165, 1.54) is 17.1 Å². The van der Waals surface area contributed by atoms with Gasteiger partial charge < -0.3 is 16.8 Å². The van der Waals surface area contributed by atoms with Gasteiger partial charge in [0.25, 0.3) is 5.91 Å². The number of nitrogens with zero attached hydrogens (tertiary/aromatic N) is 4. The number of aromatic nitrogens is 4. The van der Waals surface area contributed by atoms with Crippen molar-refractivity contribution in [2.75, 3.05) is 17.6 Å². The van der Waals surface area contributed by atoms with Crippen molar-refractivity contribution in [1.82, 2.24) is 19.7 Å². The molecule has 0 unspecified atom stereocenters. The summed E-state index contributed by atoms with van der Waals surface area (Å²) in [6, 6.07) is 1.68. The van der Waals surface area contributed by atoms with Gasteiger partial charge in [0, 0.05) is 18.8 Å². The van der Waals surface area contributed by atoms with Crippen LogP contribution in [-0.4, -0.2) is 32.2 Å². The molecular weight excluding hydrogens is 234 g/mol. The Kier molecular flexibility index (Phi) is 3.09. The van der Waals surface area contributed by atoms with E-state index in [1.807, 2.05) is 6.92 Å². The minimum absolute atomic E-state index is 0.125. The lowest BCUT2D eigenvalue weighted by atomic mass is 10.3. The van der Waals surface area contributed by atoms with E-state index >= 15 is 0 Å². The molecule has 8 nitrogen and oxygen atoms in total. The molecule has 0 saturated carbocycles. The monoisotopic (exact) mass is 247 g/mol. The standard InChI is InChI=1S/C10H13N7O/c1-2-13-7-3-8(16-10(12)15-7)17-5-6(4-14-17)9(11)18/h3-5H,2H2,1H3,(H2,11,18)(H3,12,13,15,16). The highest BCUT2D eigenvalue weighted by Crippen LogP contribution is 2.12. The van der Waals surface area contributed by atoms with E-state index in [0.717, 1.165) is 0 Å². The molecule has 0 aliphatic heterocycles. The van der Waals surface area contributed by atoms with Gasteiger partial charge in [-0.3, -0.25) is 4.79 Å². The number of nitrogens with one attached hydrogen (secondary N) is 1. The van der Waals surface area contributed by atoms with Gasteiger partial charge in [0.1, 0.15) is 5.82 Å². The van der Waals surface area contributed by atoms with Crippen molar-refractivity contribution < 1.29 is 4.79 Å². The van der Waals surface area contributed by atoms with E-state index in [0.29, 0.717) is 23.7 Å². The first-order valence-electron chi connectivity index (χ1n) is 5.33. The smallest absolute Gasteiger partial charge is 0.251 e. The first-order chi connectivity index (χ1) is 8.60. The van der Waals surface area contributed by atoms with Crippen LogP contribution in [-0.2, 0) is 0 Å². The van der Waals surface area contributed by atoms with Gasteiger partial charge in [-0.1, -0.05) is 0 Å². The van der Waals surface area contributed by atoms with Crippen LogP contribution in [0.5, 0.6) is 0 Å². The molecule has 0 atom stereocenters. The van der Waals surface area contributed by atoms with Crippen molar-refractivity contribution in [2.45, 2.75) is 6.92 Å². The third-order valence-corrected chi connectivity index (χ3v) is 2.19. The molecule has 0 aromatic carbocycles. The summed E-state index contributed by atoms with van der Waals surface area (Å²) in [5, 5.41) is 7.02. The summed E-state index contributed by atoms with van der Waals surface area (Å²) in [5.41, 5.74) is 11.1. The van der Waals surface area contributed by atoms with Crippen LogP contribution in [0.2, 0.25) is 0 Å². The van der Waals surface area contributed by atoms with Crippen LogP contribution < -0.4 is 16.8 Å². The Morgan fingerprint density at radius 3 is 2.89 bits per heavy atom. The van der Waals surface area contributed by atoms with Crippen molar-refractivity contribution in [3.8, 4) is 5.82 Å². The van der Waals surface area contributed by atoms with E-state index in [1.54, 1.807) is 6.07 Å². The summed E-state index contributed by atoms with van der Waals surface area (Å²) in [6.07, 6.45) is 2.85. The highest BCUT2D eigenvalue weighted by molar-refractivity contribution is 5.92. The Morgan fingerprint density at radius 1 is 1.50 bits per heavy atom. The van der Waals surface area contributed by atoms with Gasteiger partial charge in [-0.2, -0.15) is 15.1 Å². The van der Waals surface area contributed by atoms with Gasteiger partial charge in [0.05, 0.1) is 11.8 Å². The fraction of sp³-hybridized carbons (Fsp3) is 0.200. The Morgan fingerprint density at radius 2 is 2.28 bits per heavy atom. The first-order valence-corrected chi connectivity index (χ1v) is 5.33. The van der Waals surface area contributed by atoms with Crippen LogP contribution in [0, 0.1) is 0 Å². The maximum Gasteiger partial charge on any atom is 0.251 e. The molecular formula is C10H13N7O. The van der Waals surface area contributed by atoms with E-state index in [-0.39, 0.29) is 5.95 Å². The lowest BCUT2D eigenvalue weighted by Gasteiger charge is -2.06. The third kappa shape index (κ3) is 2.37. The summed E-state index contributed by atoms with van der Waals surface area (Å²) in [5.74, 6) is 0.636. The van der Waals surface area contributed by atoms with Gasteiger partial charge in [0.2, 0.25) is 5.95 Å². The van der Waals surface area contributed by atoms with Gasteiger partial charge in [-0.15, -0.1) is 0 Å². The zero-order valence-corrected chi connectivity index (χ0v) is 9.79. The number of rotatable bonds is 4. The summed E-state index contributed by atoms with van der Waals surface area (Å²) in [7, 11) is 0. The molecule has 1 amide bonds. The molecule has 2 aromatic heterocycles. The normalized spacial score (nSPS) is 10.3. The molecule has 2 aromatic rings. The lowest BCUT2D eigenvalue weighted by molar-refractivity contribution is 0.100. The summed E-state index contributed by atoms with van der Waals surface area (Å²) >= 11 is 0. The van der Waals surface area contributed by atoms with Crippen molar-refractivity contribution in [2.24, 2.45) is 5.73 Å². The Bertz CT molecular complexity index is 577. The van der Waals surface area contributed by atoms with Crippen molar-refractivity contribution in [3.63, 3.8) is 0 Å². The molecule has 0 radical (unpaired) electrons. The number of carbonyl (C=O) groups is 1.